The van der Waals surface area contributed by atoms with Gasteiger partial charge in [-0.15, -0.1) is 0 Å². The number of hydrogen-bond donors (Lipinski definition) is 1. The maximum Gasteiger partial charge on any atom is 0.274 e. The van der Waals surface area contributed by atoms with E-state index in [1.54, 1.807) is 24.4 Å². The molecule has 0 bridgehead atoms. The minimum absolute atomic E-state index is 0.300. The number of aromatic nitrogens is 2. The summed E-state index contributed by atoms with van der Waals surface area (Å²) in [7, 11) is 0. The standard InChI is InChI=1S/C15H9BrClN3O/c16-10-6-9-2-1-3-12(14(9)19-7-10)20-15(21)13-5-4-11(17)8-18-13/h1-8H,(H,20,21). The van der Waals surface area contributed by atoms with E-state index in [0.717, 1.165) is 15.4 Å². The number of carbonyl (C=O) groups excluding carboxylic acids is 1. The lowest BCUT2D eigenvalue weighted by Crippen LogP contribution is -2.13. The van der Waals surface area contributed by atoms with Crippen LogP contribution in [0.4, 0.5) is 5.69 Å². The van der Waals surface area contributed by atoms with E-state index >= 15 is 0 Å². The second-order valence-electron chi connectivity index (χ2n) is 4.35. The lowest BCUT2D eigenvalue weighted by molar-refractivity contribution is 0.102. The number of rotatable bonds is 2. The molecule has 0 saturated heterocycles. The van der Waals surface area contributed by atoms with Gasteiger partial charge in [0.05, 0.1) is 16.2 Å². The van der Waals surface area contributed by atoms with Gasteiger partial charge in [-0.1, -0.05) is 23.7 Å². The van der Waals surface area contributed by atoms with E-state index in [9.17, 15) is 4.79 Å². The van der Waals surface area contributed by atoms with Crippen LogP contribution >= 0.6 is 27.5 Å². The summed E-state index contributed by atoms with van der Waals surface area (Å²) in [4.78, 5) is 20.5. The van der Waals surface area contributed by atoms with Gasteiger partial charge in [0.15, 0.2) is 0 Å². The quantitative estimate of drug-likeness (QED) is 0.739. The van der Waals surface area contributed by atoms with Gasteiger partial charge in [0.25, 0.3) is 5.91 Å². The second kappa shape index (κ2) is 5.79. The number of benzene rings is 1. The number of nitrogens with zero attached hydrogens (tertiary/aromatic N) is 2. The Bertz CT molecular complexity index is 821. The Morgan fingerprint density at radius 1 is 1.14 bits per heavy atom. The first-order valence-corrected chi connectivity index (χ1v) is 7.28. The number of halogens is 2. The van der Waals surface area contributed by atoms with Crippen LogP contribution in [-0.2, 0) is 0 Å². The van der Waals surface area contributed by atoms with Crippen LogP contribution in [0.15, 0.2) is 53.3 Å². The van der Waals surface area contributed by atoms with Gasteiger partial charge in [-0.05, 0) is 40.2 Å². The number of nitrogens with one attached hydrogen (secondary N) is 1. The van der Waals surface area contributed by atoms with Crippen LogP contribution in [-0.4, -0.2) is 15.9 Å². The molecular formula is C15H9BrClN3O. The first-order chi connectivity index (χ1) is 10.1. The molecule has 6 heteroatoms. The highest BCUT2D eigenvalue weighted by Gasteiger charge is 2.10. The van der Waals surface area contributed by atoms with Crippen LogP contribution in [0.25, 0.3) is 10.9 Å². The van der Waals surface area contributed by atoms with Crippen molar-refractivity contribution in [1.29, 1.82) is 0 Å². The van der Waals surface area contributed by atoms with E-state index in [0.29, 0.717) is 16.4 Å². The summed E-state index contributed by atoms with van der Waals surface area (Å²) in [6.07, 6.45) is 3.13. The second-order valence-corrected chi connectivity index (χ2v) is 5.70. The number of hydrogen-bond acceptors (Lipinski definition) is 3. The molecule has 4 nitrogen and oxygen atoms in total. The number of fused-ring (bicyclic) bond motifs is 1. The maximum absolute atomic E-state index is 12.2. The summed E-state index contributed by atoms with van der Waals surface area (Å²) in [5.74, 6) is -0.302. The summed E-state index contributed by atoms with van der Waals surface area (Å²) >= 11 is 9.14. The minimum Gasteiger partial charge on any atom is -0.319 e. The molecule has 1 amide bonds. The maximum atomic E-state index is 12.2. The Hall–Kier alpha value is -1.98. The highest BCUT2D eigenvalue weighted by Crippen LogP contribution is 2.24. The normalized spacial score (nSPS) is 10.6. The Labute approximate surface area is 134 Å². The van der Waals surface area contributed by atoms with Crippen molar-refractivity contribution < 1.29 is 4.79 Å². The molecule has 0 aliphatic rings. The zero-order valence-electron chi connectivity index (χ0n) is 10.7. The molecule has 0 saturated carbocycles. The van der Waals surface area contributed by atoms with Crippen molar-refractivity contribution in [3.63, 3.8) is 0 Å². The number of amides is 1. The summed E-state index contributed by atoms with van der Waals surface area (Å²) in [5, 5.41) is 4.24. The van der Waals surface area contributed by atoms with Crippen molar-refractivity contribution in [1.82, 2.24) is 9.97 Å². The molecule has 1 aromatic carbocycles. The number of anilines is 1. The fourth-order valence-electron chi connectivity index (χ4n) is 1.93. The Balaban J connectivity index is 1.94. The van der Waals surface area contributed by atoms with Gasteiger partial charge in [-0.3, -0.25) is 9.78 Å². The van der Waals surface area contributed by atoms with Crippen molar-refractivity contribution in [3.05, 3.63) is 64.0 Å². The van der Waals surface area contributed by atoms with Crippen LogP contribution in [0.2, 0.25) is 5.02 Å². The van der Waals surface area contributed by atoms with Crippen LogP contribution in [0.5, 0.6) is 0 Å². The van der Waals surface area contributed by atoms with Crippen LogP contribution in [0.3, 0.4) is 0 Å². The molecule has 0 fully saturated rings. The largest absolute Gasteiger partial charge is 0.319 e. The predicted molar refractivity (Wildman–Crippen MR) is 86.6 cm³/mol. The van der Waals surface area contributed by atoms with Crippen LogP contribution < -0.4 is 5.32 Å². The molecule has 0 aliphatic heterocycles. The molecule has 0 atom stereocenters. The predicted octanol–water partition coefficient (Wildman–Crippen LogP) is 4.30. The van der Waals surface area contributed by atoms with Gasteiger partial charge in [0.2, 0.25) is 0 Å². The molecule has 21 heavy (non-hydrogen) atoms. The third kappa shape index (κ3) is 3.04. The lowest BCUT2D eigenvalue weighted by atomic mass is 10.2. The van der Waals surface area contributed by atoms with Gasteiger partial charge in [-0.25, -0.2) is 4.98 Å². The highest BCUT2D eigenvalue weighted by atomic mass is 79.9. The number of para-hydroxylation sites is 1. The fraction of sp³-hybridized carbons (Fsp3) is 0. The summed E-state index contributed by atoms with van der Waals surface area (Å²) in [6, 6.07) is 10.7. The average Bonchev–Trinajstić information content (AvgIpc) is 2.47. The molecule has 3 aromatic rings. The molecule has 2 heterocycles. The minimum atomic E-state index is -0.302. The fourth-order valence-corrected chi connectivity index (χ4v) is 2.39. The zero-order valence-corrected chi connectivity index (χ0v) is 13.0. The monoisotopic (exact) mass is 361 g/mol. The van der Waals surface area contributed by atoms with E-state index in [1.807, 2.05) is 18.2 Å². The van der Waals surface area contributed by atoms with Crippen molar-refractivity contribution in [2.45, 2.75) is 0 Å². The summed E-state index contributed by atoms with van der Waals surface area (Å²) < 4.78 is 0.887. The van der Waals surface area contributed by atoms with Gasteiger partial charge in [0.1, 0.15) is 5.69 Å². The zero-order chi connectivity index (χ0) is 14.8. The van der Waals surface area contributed by atoms with E-state index in [2.05, 4.69) is 31.2 Å². The highest BCUT2D eigenvalue weighted by molar-refractivity contribution is 9.10. The SMILES string of the molecule is O=C(Nc1cccc2cc(Br)cnc12)c1ccc(Cl)cn1. The van der Waals surface area contributed by atoms with Gasteiger partial charge < -0.3 is 5.32 Å². The lowest BCUT2D eigenvalue weighted by Gasteiger charge is -2.08. The van der Waals surface area contributed by atoms with Crippen LogP contribution in [0.1, 0.15) is 10.5 Å². The molecule has 1 N–H and O–H groups in total. The summed E-state index contributed by atoms with van der Waals surface area (Å²) in [6.45, 7) is 0. The van der Waals surface area contributed by atoms with Gasteiger partial charge in [-0.2, -0.15) is 0 Å². The topological polar surface area (TPSA) is 54.9 Å². The molecular weight excluding hydrogens is 354 g/mol. The third-order valence-electron chi connectivity index (χ3n) is 2.89. The van der Waals surface area contributed by atoms with Gasteiger partial charge in [0, 0.05) is 22.3 Å². The molecule has 3 rings (SSSR count). The number of pyridine rings is 2. The van der Waals surface area contributed by atoms with Crippen molar-refractivity contribution in [2.75, 3.05) is 5.32 Å². The van der Waals surface area contributed by atoms with Gasteiger partial charge >= 0.3 is 0 Å². The molecule has 0 radical (unpaired) electrons. The molecule has 2 aromatic heterocycles. The van der Waals surface area contributed by atoms with Crippen molar-refractivity contribution in [2.24, 2.45) is 0 Å². The smallest absolute Gasteiger partial charge is 0.274 e. The summed E-state index contributed by atoms with van der Waals surface area (Å²) in [5.41, 5.74) is 1.67. The van der Waals surface area contributed by atoms with E-state index in [4.69, 9.17) is 11.6 Å². The van der Waals surface area contributed by atoms with E-state index < -0.39 is 0 Å². The third-order valence-corrected chi connectivity index (χ3v) is 3.54. The molecule has 0 aliphatic carbocycles. The van der Waals surface area contributed by atoms with E-state index in [-0.39, 0.29) is 5.91 Å². The average molecular weight is 363 g/mol. The van der Waals surface area contributed by atoms with Crippen LogP contribution in [0, 0.1) is 0 Å². The Morgan fingerprint density at radius 3 is 2.76 bits per heavy atom. The first kappa shape index (κ1) is 14.0. The Morgan fingerprint density at radius 2 is 2.00 bits per heavy atom. The van der Waals surface area contributed by atoms with Crippen molar-refractivity contribution >= 4 is 50.0 Å². The molecule has 0 spiro atoms. The Kier molecular flexibility index (Phi) is 3.86. The first-order valence-electron chi connectivity index (χ1n) is 6.11. The van der Waals surface area contributed by atoms with E-state index in [1.165, 1.54) is 6.20 Å². The molecule has 0 unspecified atom stereocenters. The molecule has 104 valence electrons. The number of carbonyl (C=O) groups is 1. The van der Waals surface area contributed by atoms with Crippen molar-refractivity contribution in [3.8, 4) is 0 Å².